The van der Waals surface area contributed by atoms with Gasteiger partial charge in [-0.15, -0.1) is 0 Å². The number of benzene rings is 2. The Kier molecular flexibility index (Phi) is 3.30. The van der Waals surface area contributed by atoms with Crippen LogP contribution in [0.3, 0.4) is 0 Å². The molecule has 2 aromatic rings. The fraction of sp³-hybridized carbons (Fsp3) is 0.0667. The van der Waals surface area contributed by atoms with E-state index in [0.29, 0.717) is 10.0 Å². The van der Waals surface area contributed by atoms with Gasteiger partial charge in [0.05, 0.1) is 15.6 Å². The Bertz CT molecular complexity index is 817. The molecular weight excluding hydrogens is 420 g/mol. The molecule has 0 spiro atoms. The SMILES string of the molecule is Cc1cc2c(c(O)c1Br)C(=O)c1c(cc(O)c(Br)c1O)C2=O. The van der Waals surface area contributed by atoms with Crippen LogP contribution in [0.15, 0.2) is 21.1 Å². The van der Waals surface area contributed by atoms with Crippen LogP contribution in [0.25, 0.3) is 0 Å². The zero-order chi connectivity index (χ0) is 16.3. The number of phenolic OH excluding ortho intramolecular Hbond substituents is 3. The van der Waals surface area contributed by atoms with Crippen LogP contribution in [0.5, 0.6) is 17.2 Å². The molecule has 0 aromatic heterocycles. The van der Waals surface area contributed by atoms with Crippen molar-refractivity contribution in [3.8, 4) is 17.2 Å². The molecule has 0 heterocycles. The minimum Gasteiger partial charge on any atom is -0.507 e. The van der Waals surface area contributed by atoms with Gasteiger partial charge < -0.3 is 15.3 Å². The molecule has 3 N–H and O–H groups in total. The van der Waals surface area contributed by atoms with E-state index in [0.717, 1.165) is 6.07 Å². The van der Waals surface area contributed by atoms with Crippen LogP contribution in [0.1, 0.15) is 37.4 Å². The second-order valence-electron chi connectivity index (χ2n) is 4.92. The first-order chi connectivity index (χ1) is 10.3. The zero-order valence-electron chi connectivity index (χ0n) is 11.1. The number of fused-ring (bicyclic) bond motifs is 2. The maximum atomic E-state index is 12.6. The quantitative estimate of drug-likeness (QED) is 0.511. The Balaban J connectivity index is 2.43. The monoisotopic (exact) mass is 426 g/mol. The van der Waals surface area contributed by atoms with Crippen LogP contribution >= 0.6 is 31.9 Å². The summed E-state index contributed by atoms with van der Waals surface area (Å²) in [5.41, 5.74) is 0.121. The zero-order valence-corrected chi connectivity index (χ0v) is 14.2. The number of phenols is 3. The normalized spacial score (nSPS) is 13.0. The molecule has 0 fully saturated rings. The van der Waals surface area contributed by atoms with Crippen molar-refractivity contribution < 1.29 is 24.9 Å². The van der Waals surface area contributed by atoms with Gasteiger partial charge in [0.15, 0.2) is 5.78 Å². The Morgan fingerprint density at radius 1 is 0.818 bits per heavy atom. The van der Waals surface area contributed by atoms with Crippen molar-refractivity contribution in [2.45, 2.75) is 6.92 Å². The number of carbonyl (C=O) groups is 2. The van der Waals surface area contributed by atoms with E-state index < -0.39 is 17.3 Å². The first kappa shape index (κ1) is 15.1. The second-order valence-corrected chi connectivity index (χ2v) is 6.50. The number of ketones is 2. The second kappa shape index (κ2) is 4.82. The summed E-state index contributed by atoms with van der Waals surface area (Å²) in [6, 6.07) is 2.61. The number of hydrogen-bond donors (Lipinski definition) is 3. The molecule has 0 radical (unpaired) electrons. The number of hydrogen-bond acceptors (Lipinski definition) is 5. The van der Waals surface area contributed by atoms with Gasteiger partial charge in [-0.2, -0.15) is 0 Å². The summed E-state index contributed by atoms with van der Waals surface area (Å²) in [4.78, 5) is 25.2. The number of rotatable bonds is 0. The number of halogens is 2. The highest BCUT2D eigenvalue weighted by Crippen LogP contribution is 2.45. The van der Waals surface area contributed by atoms with E-state index in [4.69, 9.17) is 0 Å². The average Bonchev–Trinajstić information content (AvgIpc) is 2.47. The highest BCUT2D eigenvalue weighted by Gasteiger charge is 2.37. The lowest BCUT2D eigenvalue weighted by Crippen LogP contribution is -2.21. The predicted molar refractivity (Wildman–Crippen MR) is 84.9 cm³/mol. The molecule has 112 valence electrons. The Labute approximate surface area is 141 Å². The molecule has 1 aliphatic rings. The summed E-state index contributed by atoms with van der Waals surface area (Å²) in [6.45, 7) is 1.67. The molecule has 22 heavy (non-hydrogen) atoms. The summed E-state index contributed by atoms with van der Waals surface area (Å²) in [7, 11) is 0. The van der Waals surface area contributed by atoms with Crippen molar-refractivity contribution in [1.29, 1.82) is 0 Å². The van der Waals surface area contributed by atoms with Gasteiger partial charge in [-0.25, -0.2) is 0 Å². The van der Waals surface area contributed by atoms with Gasteiger partial charge in [-0.3, -0.25) is 9.59 Å². The predicted octanol–water partition coefficient (Wildman–Crippen LogP) is 3.41. The fourth-order valence-corrected chi connectivity index (χ4v) is 3.12. The molecule has 0 unspecified atom stereocenters. The van der Waals surface area contributed by atoms with Gasteiger partial charge in [0, 0.05) is 11.1 Å². The molecule has 0 saturated heterocycles. The molecule has 0 saturated carbocycles. The standard InChI is InChI=1S/C15H8Br2O5/c1-4-2-5-8(14(21)10(4)16)13(20)9-6(12(5)19)3-7(18)11(17)15(9)22/h2-3,18,21-22H,1H3. The van der Waals surface area contributed by atoms with Gasteiger partial charge in [-0.1, -0.05) is 0 Å². The number of carbonyl (C=O) groups excluding carboxylic acids is 2. The van der Waals surface area contributed by atoms with Gasteiger partial charge in [0.25, 0.3) is 0 Å². The van der Waals surface area contributed by atoms with Crippen LogP contribution < -0.4 is 0 Å². The lowest BCUT2D eigenvalue weighted by molar-refractivity contribution is 0.0973. The molecule has 0 amide bonds. The summed E-state index contributed by atoms with van der Waals surface area (Å²) in [5.74, 6) is -2.45. The molecule has 0 aliphatic heterocycles. The summed E-state index contributed by atoms with van der Waals surface area (Å²) in [5, 5.41) is 30.0. The molecule has 2 aromatic carbocycles. The topological polar surface area (TPSA) is 94.8 Å². The first-order valence-electron chi connectivity index (χ1n) is 6.11. The Hall–Kier alpha value is -1.86. The molecule has 5 nitrogen and oxygen atoms in total. The molecule has 0 bridgehead atoms. The van der Waals surface area contributed by atoms with Gasteiger partial charge >= 0.3 is 0 Å². The molecule has 0 atom stereocenters. The maximum Gasteiger partial charge on any atom is 0.202 e. The van der Waals surface area contributed by atoms with E-state index in [1.807, 2.05) is 0 Å². The highest BCUT2D eigenvalue weighted by molar-refractivity contribution is 9.11. The summed E-state index contributed by atoms with van der Waals surface area (Å²) < 4.78 is 0.231. The van der Waals surface area contributed by atoms with Gasteiger partial charge in [-0.05, 0) is 56.5 Å². The highest BCUT2D eigenvalue weighted by atomic mass is 79.9. The molecular formula is C15H8Br2O5. The van der Waals surface area contributed by atoms with Crippen molar-refractivity contribution in [2.75, 3.05) is 0 Å². The average molecular weight is 428 g/mol. The van der Waals surface area contributed by atoms with Crippen molar-refractivity contribution in [3.05, 3.63) is 48.9 Å². The van der Waals surface area contributed by atoms with E-state index in [-0.39, 0.29) is 38.2 Å². The third-order valence-electron chi connectivity index (χ3n) is 3.58. The molecule has 3 rings (SSSR count). The third-order valence-corrected chi connectivity index (χ3v) is 5.37. The molecule has 7 heteroatoms. The Morgan fingerprint density at radius 2 is 1.32 bits per heavy atom. The van der Waals surface area contributed by atoms with Crippen LogP contribution in [0, 0.1) is 6.92 Å². The van der Waals surface area contributed by atoms with E-state index in [2.05, 4.69) is 31.9 Å². The lowest BCUT2D eigenvalue weighted by Gasteiger charge is -2.21. The third kappa shape index (κ3) is 1.82. The van der Waals surface area contributed by atoms with Crippen molar-refractivity contribution in [2.24, 2.45) is 0 Å². The number of aryl methyl sites for hydroxylation is 1. The van der Waals surface area contributed by atoms with Crippen molar-refractivity contribution >= 4 is 43.4 Å². The van der Waals surface area contributed by atoms with E-state index in [9.17, 15) is 24.9 Å². The maximum absolute atomic E-state index is 12.6. The van der Waals surface area contributed by atoms with Crippen LogP contribution in [0.2, 0.25) is 0 Å². The Morgan fingerprint density at radius 3 is 1.91 bits per heavy atom. The smallest absolute Gasteiger partial charge is 0.202 e. The van der Waals surface area contributed by atoms with Crippen molar-refractivity contribution in [1.82, 2.24) is 0 Å². The van der Waals surface area contributed by atoms with Crippen LogP contribution in [0.4, 0.5) is 0 Å². The van der Waals surface area contributed by atoms with E-state index >= 15 is 0 Å². The summed E-state index contributed by atoms with van der Waals surface area (Å²) in [6.07, 6.45) is 0. The van der Waals surface area contributed by atoms with E-state index in [1.54, 1.807) is 6.92 Å². The first-order valence-corrected chi connectivity index (χ1v) is 7.70. The summed E-state index contributed by atoms with van der Waals surface area (Å²) >= 11 is 6.12. The lowest BCUT2D eigenvalue weighted by atomic mass is 9.82. The largest absolute Gasteiger partial charge is 0.507 e. The number of aromatic hydroxyl groups is 3. The van der Waals surface area contributed by atoms with Crippen LogP contribution in [-0.2, 0) is 0 Å². The molecule has 1 aliphatic carbocycles. The van der Waals surface area contributed by atoms with E-state index in [1.165, 1.54) is 6.07 Å². The minimum absolute atomic E-state index is 0.0387. The fourth-order valence-electron chi connectivity index (χ4n) is 2.49. The van der Waals surface area contributed by atoms with Gasteiger partial charge in [0.2, 0.25) is 5.78 Å². The van der Waals surface area contributed by atoms with Crippen LogP contribution in [-0.4, -0.2) is 26.9 Å². The van der Waals surface area contributed by atoms with Crippen molar-refractivity contribution in [3.63, 3.8) is 0 Å². The van der Waals surface area contributed by atoms with Gasteiger partial charge in [0.1, 0.15) is 21.7 Å². The minimum atomic E-state index is -0.680.